The maximum atomic E-state index is 12.2. The van der Waals surface area contributed by atoms with E-state index in [9.17, 15) is 4.79 Å². The third-order valence-corrected chi connectivity index (χ3v) is 2.84. The minimum atomic E-state index is 0.00134. The maximum absolute atomic E-state index is 12.2. The Kier molecular flexibility index (Phi) is 6.26. The normalized spacial score (nSPS) is 12.1. The van der Waals surface area contributed by atoms with Crippen molar-refractivity contribution < 1.29 is 9.90 Å². The van der Waals surface area contributed by atoms with Gasteiger partial charge in [0.2, 0.25) is 0 Å². The molecule has 1 aromatic carbocycles. The number of aliphatic hydroxyl groups is 1. The van der Waals surface area contributed by atoms with Crippen LogP contribution in [0.1, 0.15) is 36.0 Å². The molecule has 92 valence electrons. The summed E-state index contributed by atoms with van der Waals surface area (Å²) in [5, 5.41) is 8.76. The average molecular weight is 232 g/mol. The van der Waals surface area contributed by atoms with E-state index in [4.69, 9.17) is 5.11 Å². The van der Waals surface area contributed by atoms with Crippen molar-refractivity contribution >= 4 is 5.78 Å². The Morgan fingerprint density at radius 3 is 2.59 bits per heavy atom. The van der Waals surface area contributed by atoms with Crippen molar-refractivity contribution in [2.24, 2.45) is 5.92 Å². The summed E-state index contributed by atoms with van der Waals surface area (Å²) < 4.78 is 0. The summed E-state index contributed by atoms with van der Waals surface area (Å²) in [5.74, 6) is 0.185. The molecule has 2 nitrogen and oxygen atoms in total. The van der Waals surface area contributed by atoms with Gasteiger partial charge in [0.15, 0.2) is 5.78 Å². The van der Waals surface area contributed by atoms with E-state index in [1.165, 1.54) is 0 Å². The van der Waals surface area contributed by atoms with Gasteiger partial charge < -0.3 is 5.11 Å². The van der Waals surface area contributed by atoms with Gasteiger partial charge in [-0.1, -0.05) is 42.8 Å². The van der Waals surface area contributed by atoms with Crippen LogP contribution in [0.5, 0.6) is 0 Å². The summed E-state index contributed by atoms with van der Waals surface area (Å²) in [6.07, 6.45) is 4.97. The summed E-state index contributed by atoms with van der Waals surface area (Å²) in [6.45, 7) is 3.90. The number of Topliss-reactive ketones (excluding diaryl/α,β-unsaturated/α-hetero) is 1. The van der Waals surface area contributed by atoms with E-state index < -0.39 is 0 Å². The summed E-state index contributed by atoms with van der Waals surface area (Å²) >= 11 is 0. The molecular weight excluding hydrogens is 212 g/mol. The van der Waals surface area contributed by atoms with Crippen LogP contribution in [0.25, 0.3) is 0 Å². The van der Waals surface area contributed by atoms with Crippen LogP contribution in [0.2, 0.25) is 0 Å². The lowest BCUT2D eigenvalue weighted by Gasteiger charge is -2.13. The number of rotatable bonds is 8. The van der Waals surface area contributed by atoms with Crippen LogP contribution in [-0.2, 0) is 0 Å². The molecule has 1 aromatic rings. The number of unbranched alkanes of at least 4 members (excludes halogenated alkanes) is 1. The number of benzene rings is 1. The Hall–Kier alpha value is -1.41. The van der Waals surface area contributed by atoms with Crippen LogP contribution < -0.4 is 0 Å². The summed E-state index contributed by atoms with van der Waals surface area (Å²) in [5.41, 5.74) is 0.767. The van der Waals surface area contributed by atoms with Gasteiger partial charge in [-0.15, -0.1) is 6.58 Å². The molecule has 17 heavy (non-hydrogen) atoms. The minimum Gasteiger partial charge on any atom is -0.396 e. The first-order valence-electron chi connectivity index (χ1n) is 6.10. The molecule has 0 spiro atoms. The highest BCUT2D eigenvalue weighted by molar-refractivity contribution is 5.97. The van der Waals surface area contributed by atoms with Crippen LogP contribution in [0.15, 0.2) is 43.0 Å². The SMILES string of the molecule is C=CCC(CCCCO)C(=O)c1ccccc1. The molecule has 0 saturated heterocycles. The van der Waals surface area contributed by atoms with Gasteiger partial charge in [0, 0.05) is 18.1 Å². The third-order valence-electron chi connectivity index (χ3n) is 2.84. The molecule has 1 unspecified atom stereocenters. The Labute approximate surface area is 103 Å². The Morgan fingerprint density at radius 2 is 2.00 bits per heavy atom. The molecule has 0 amide bonds. The fourth-order valence-corrected chi connectivity index (χ4v) is 1.90. The molecule has 0 radical (unpaired) electrons. The molecule has 0 aliphatic heterocycles. The Morgan fingerprint density at radius 1 is 1.29 bits per heavy atom. The fraction of sp³-hybridized carbons (Fsp3) is 0.400. The van der Waals surface area contributed by atoms with E-state index in [0.29, 0.717) is 6.42 Å². The predicted octanol–water partition coefficient (Wildman–Crippen LogP) is 3.22. The van der Waals surface area contributed by atoms with Crippen molar-refractivity contribution in [1.29, 1.82) is 0 Å². The van der Waals surface area contributed by atoms with E-state index in [2.05, 4.69) is 6.58 Å². The molecule has 0 fully saturated rings. The molecule has 2 heteroatoms. The lowest BCUT2D eigenvalue weighted by molar-refractivity contribution is 0.0911. The lowest BCUT2D eigenvalue weighted by atomic mass is 9.90. The Balaban J connectivity index is 2.63. The van der Waals surface area contributed by atoms with Gasteiger partial charge in [-0.3, -0.25) is 4.79 Å². The number of carbonyl (C=O) groups is 1. The van der Waals surface area contributed by atoms with Gasteiger partial charge in [-0.05, 0) is 19.3 Å². The predicted molar refractivity (Wildman–Crippen MR) is 70.0 cm³/mol. The maximum Gasteiger partial charge on any atom is 0.166 e. The number of hydrogen-bond donors (Lipinski definition) is 1. The van der Waals surface area contributed by atoms with Crippen molar-refractivity contribution in [2.45, 2.75) is 25.7 Å². The van der Waals surface area contributed by atoms with E-state index >= 15 is 0 Å². The third kappa shape index (κ3) is 4.53. The molecule has 0 aliphatic carbocycles. The van der Waals surface area contributed by atoms with Crippen LogP contribution in [0, 0.1) is 5.92 Å². The van der Waals surface area contributed by atoms with Crippen molar-refractivity contribution in [3.63, 3.8) is 0 Å². The van der Waals surface area contributed by atoms with Crippen molar-refractivity contribution in [3.8, 4) is 0 Å². The van der Waals surface area contributed by atoms with Gasteiger partial charge in [0.1, 0.15) is 0 Å². The molecule has 1 rings (SSSR count). The zero-order chi connectivity index (χ0) is 12.5. The van der Waals surface area contributed by atoms with E-state index in [0.717, 1.165) is 24.8 Å². The first kappa shape index (κ1) is 13.7. The summed E-state index contributed by atoms with van der Waals surface area (Å²) in [6, 6.07) is 9.37. The standard InChI is InChI=1S/C15H20O2/c1-2-8-13(11-6-7-12-16)15(17)14-9-4-3-5-10-14/h2-5,9-10,13,16H,1,6-8,11-12H2. The second-order valence-electron chi connectivity index (χ2n) is 4.17. The average Bonchev–Trinajstić information content (AvgIpc) is 2.38. The molecule has 0 aliphatic rings. The molecule has 1 N–H and O–H groups in total. The van der Waals surface area contributed by atoms with Crippen LogP contribution >= 0.6 is 0 Å². The second-order valence-corrected chi connectivity index (χ2v) is 4.17. The molecule has 0 saturated carbocycles. The number of carbonyl (C=O) groups excluding carboxylic acids is 1. The number of allylic oxidation sites excluding steroid dienone is 1. The van der Waals surface area contributed by atoms with E-state index in [1.807, 2.05) is 30.3 Å². The zero-order valence-electron chi connectivity index (χ0n) is 10.1. The van der Waals surface area contributed by atoms with Crippen molar-refractivity contribution in [2.75, 3.05) is 6.61 Å². The first-order chi connectivity index (χ1) is 8.29. The van der Waals surface area contributed by atoms with Gasteiger partial charge in [0.05, 0.1) is 0 Å². The van der Waals surface area contributed by atoms with Crippen LogP contribution in [-0.4, -0.2) is 17.5 Å². The van der Waals surface area contributed by atoms with Gasteiger partial charge in [-0.25, -0.2) is 0 Å². The number of aliphatic hydroxyl groups excluding tert-OH is 1. The molecule has 0 heterocycles. The second kappa shape index (κ2) is 7.80. The van der Waals surface area contributed by atoms with Crippen LogP contribution in [0.3, 0.4) is 0 Å². The smallest absolute Gasteiger partial charge is 0.166 e. The fourth-order valence-electron chi connectivity index (χ4n) is 1.90. The van der Waals surface area contributed by atoms with Gasteiger partial charge in [0.25, 0.3) is 0 Å². The van der Waals surface area contributed by atoms with Crippen molar-refractivity contribution in [1.82, 2.24) is 0 Å². The first-order valence-corrected chi connectivity index (χ1v) is 6.10. The largest absolute Gasteiger partial charge is 0.396 e. The molecule has 0 aromatic heterocycles. The van der Waals surface area contributed by atoms with E-state index in [-0.39, 0.29) is 18.3 Å². The van der Waals surface area contributed by atoms with Crippen LogP contribution in [0.4, 0.5) is 0 Å². The summed E-state index contributed by atoms with van der Waals surface area (Å²) in [7, 11) is 0. The zero-order valence-corrected chi connectivity index (χ0v) is 10.1. The molecule has 1 atom stereocenters. The Bertz CT molecular complexity index is 343. The highest BCUT2D eigenvalue weighted by Gasteiger charge is 2.17. The highest BCUT2D eigenvalue weighted by atomic mass is 16.2. The minimum absolute atomic E-state index is 0.00134. The lowest BCUT2D eigenvalue weighted by Crippen LogP contribution is -2.14. The number of hydrogen-bond acceptors (Lipinski definition) is 2. The quantitative estimate of drug-likeness (QED) is 0.424. The van der Waals surface area contributed by atoms with Crippen molar-refractivity contribution in [3.05, 3.63) is 48.6 Å². The topological polar surface area (TPSA) is 37.3 Å². The molecule has 0 bridgehead atoms. The molecular formula is C15H20O2. The summed E-state index contributed by atoms with van der Waals surface area (Å²) in [4.78, 5) is 12.2. The number of ketones is 1. The van der Waals surface area contributed by atoms with E-state index in [1.54, 1.807) is 6.08 Å². The monoisotopic (exact) mass is 232 g/mol. The van der Waals surface area contributed by atoms with Gasteiger partial charge in [-0.2, -0.15) is 0 Å². The highest BCUT2D eigenvalue weighted by Crippen LogP contribution is 2.19. The van der Waals surface area contributed by atoms with Gasteiger partial charge >= 0.3 is 0 Å².